The van der Waals surface area contributed by atoms with Crippen LogP contribution < -0.4 is 10.1 Å². The fourth-order valence-corrected chi connectivity index (χ4v) is 2.65. The summed E-state index contributed by atoms with van der Waals surface area (Å²) in [5.74, 6) is 0.0222. The van der Waals surface area contributed by atoms with Gasteiger partial charge in [0, 0.05) is 12.1 Å². The van der Waals surface area contributed by atoms with Crippen molar-refractivity contribution in [1.29, 1.82) is 0 Å². The van der Waals surface area contributed by atoms with Gasteiger partial charge in [0.1, 0.15) is 5.75 Å². The highest BCUT2D eigenvalue weighted by Gasteiger charge is 2.12. The lowest BCUT2D eigenvalue weighted by atomic mass is 10.1. The van der Waals surface area contributed by atoms with Crippen molar-refractivity contribution >= 4 is 17.6 Å². The molecule has 1 amide bonds. The minimum atomic E-state index is -0.409. The SMILES string of the molecule is CCOc1ccccc1CCC(=O)OCC(=O)Nc1c(C)cccc1C. The van der Waals surface area contributed by atoms with Crippen molar-refractivity contribution in [3.05, 3.63) is 59.2 Å². The molecule has 0 saturated heterocycles. The lowest BCUT2D eigenvalue weighted by Gasteiger charge is -2.12. The van der Waals surface area contributed by atoms with E-state index in [2.05, 4.69) is 5.32 Å². The molecule has 0 spiro atoms. The molecule has 2 rings (SSSR count). The monoisotopic (exact) mass is 355 g/mol. The molecule has 0 radical (unpaired) electrons. The fraction of sp³-hybridized carbons (Fsp3) is 0.333. The zero-order valence-electron chi connectivity index (χ0n) is 15.5. The van der Waals surface area contributed by atoms with E-state index >= 15 is 0 Å². The van der Waals surface area contributed by atoms with Crippen molar-refractivity contribution in [2.75, 3.05) is 18.5 Å². The topological polar surface area (TPSA) is 64.6 Å². The molecule has 0 fully saturated rings. The zero-order valence-corrected chi connectivity index (χ0v) is 15.5. The number of esters is 1. The molecule has 0 unspecified atom stereocenters. The van der Waals surface area contributed by atoms with E-state index in [0.29, 0.717) is 13.0 Å². The second-order valence-corrected chi connectivity index (χ2v) is 6.02. The first-order valence-corrected chi connectivity index (χ1v) is 8.73. The Morgan fingerprint density at radius 1 is 1.00 bits per heavy atom. The third-order valence-corrected chi connectivity index (χ3v) is 3.98. The number of rotatable bonds is 8. The van der Waals surface area contributed by atoms with E-state index < -0.39 is 5.97 Å². The van der Waals surface area contributed by atoms with Gasteiger partial charge in [0.15, 0.2) is 6.61 Å². The van der Waals surface area contributed by atoms with Crippen LogP contribution in [0.4, 0.5) is 5.69 Å². The molecule has 0 atom stereocenters. The molecule has 0 bridgehead atoms. The van der Waals surface area contributed by atoms with Crippen molar-refractivity contribution in [3.63, 3.8) is 0 Å². The van der Waals surface area contributed by atoms with Crippen molar-refractivity contribution in [2.45, 2.75) is 33.6 Å². The number of hydrogen-bond donors (Lipinski definition) is 1. The van der Waals surface area contributed by atoms with Gasteiger partial charge in [-0.3, -0.25) is 9.59 Å². The number of anilines is 1. The molecule has 138 valence electrons. The Labute approximate surface area is 154 Å². The van der Waals surface area contributed by atoms with Crippen molar-refractivity contribution < 1.29 is 19.1 Å². The second-order valence-electron chi connectivity index (χ2n) is 6.02. The molecule has 2 aromatic carbocycles. The molecule has 0 aliphatic carbocycles. The Morgan fingerprint density at radius 2 is 1.69 bits per heavy atom. The predicted molar refractivity (Wildman–Crippen MR) is 101 cm³/mol. The highest BCUT2D eigenvalue weighted by molar-refractivity contribution is 5.94. The van der Waals surface area contributed by atoms with Gasteiger partial charge in [-0.05, 0) is 49.9 Å². The predicted octanol–water partition coefficient (Wildman–Crippen LogP) is 3.82. The van der Waals surface area contributed by atoms with Gasteiger partial charge in [0.25, 0.3) is 5.91 Å². The Balaban J connectivity index is 1.81. The fourth-order valence-electron chi connectivity index (χ4n) is 2.65. The number of para-hydroxylation sites is 2. The molecule has 2 aromatic rings. The number of hydrogen-bond acceptors (Lipinski definition) is 4. The average Bonchev–Trinajstić information content (AvgIpc) is 2.62. The molecule has 0 aliphatic rings. The standard InChI is InChI=1S/C21H25NO4/c1-4-25-18-11-6-5-10-17(18)12-13-20(24)26-14-19(23)22-21-15(2)8-7-9-16(21)3/h5-11H,4,12-14H2,1-3H3,(H,22,23). The van der Waals surface area contributed by atoms with Crippen LogP contribution in [0.2, 0.25) is 0 Å². The minimum Gasteiger partial charge on any atom is -0.494 e. The molecule has 0 aromatic heterocycles. The maximum atomic E-state index is 12.0. The molecule has 0 saturated carbocycles. The van der Waals surface area contributed by atoms with Crippen LogP contribution in [0.5, 0.6) is 5.75 Å². The molecule has 0 aliphatic heterocycles. The molecule has 0 heterocycles. The molecular formula is C21H25NO4. The quantitative estimate of drug-likeness (QED) is 0.731. The summed E-state index contributed by atoms with van der Waals surface area (Å²) in [6.07, 6.45) is 0.703. The van der Waals surface area contributed by atoms with Gasteiger partial charge in [0.05, 0.1) is 6.61 Å². The second kappa shape index (κ2) is 9.61. The third-order valence-electron chi connectivity index (χ3n) is 3.98. The van der Waals surface area contributed by atoms with Crippen molar-refractivity contribution in [3.8, 4) is 5.75 Å². The number of carbonyl (C=O) groups excluding carboxylic acids is 2. The molecule has 5 heteroatoms. The Kier molecular flexibility index (Phi) is 7.21. The minimum absolute atomic E-state index is 0.195. The van der Waals surface area contributed by atoms with Gasteiger partial charge >= 0.3 is 5.97 Å². The van der Waals surface area contributed by atoms with Gasteiger partial charge in [-0.15, -0.1) is 0 Å². The molecular weight excluding hydrogens is 330 g/mol. The van der Waals surface area contributed by atoms with Crippen LogP contribution in [-0.4, -0.2) is 25.1 Å². The third kappa shape index (κ3) is 5.62. The van der Waals surface area contributed by atoms with E-state index in [1.165, 1.54) is 0 Å². The largest absolute Gasteiger partial charge is 0.494 e. The average molecular weight is 355 g/mol. The van der Waals surface area contributed by atoms with Gasteiger partial charge < -0.3 is 14.8 Å². The Morgan fingerprint density at radius 3 is 2.38 bits per heavy atom. The highest BCUT2D eigenvalue weighted by Crippen LogP contribution is 2.20. The Bertz CT molecular complexity index is 750. The first-order chi connectivity index (χ1) is 12.5. The number of ether oxygens (including phenoxy) is 2. The summed E-state index contributed by atoms with van der Waals surface area (Å²) in [6, 6.07) is 13.4. The van der Waals surface area contributed by atoms with Crippen LogP contribution in [0, 0.1) is 13.8 Å². The van der Waals surface area contributed by atoms with E-state index in [1.54, 1.807) is 0 Å². The normalized spacial score (nSPS) is 10.3. The maximum Gasteiger partial charge on any atom is 0.306 e. The number of carbonyl (C=O) groups is 2. The summed E-state index contributed by atoms with van der Waals surface area (Å²) in [7, 11) is 0. The highest BCUT2D eigenvalue weighted by atomic mass is 16.5. The van der Waals surface area contributed by atoms with Gasteiger partial charge in [-0.1, -0.05) is 36.4 Å². The van der Waals surface area contributed by atoms with E-state index in [9.17, 15) is 9.59 Å². The van der Waals surface area contributed by atoms with E-state index in [0.717, 1.165) is 28.1 Å². The van der Waals surface area contributed by atoms with Crippen LogP contribution in [0.15, 0.2) is 42.5 Å². The summed E-state index contributed by atoms with van der Waals surface area (Å²) >= 11 is 0. The molecule has 26 heavy (non-hydrogen) atoms. The summed E-state index contributed by atoms with van der Waals surface area (Å²) < 4.78 is 10.6. The molecule has 5 nitrogen and oxygen atoms in total. The molecule has 1 N–H and O–H groups in total. The van der Waals surface area contributed by atoms with Gasteiger partial charge in [0.2, 0.25) is 0 Å². The van der Waals surface area contributed by atoms with E-state index in [1.807, 2.05) is 63.2 Å². The zero-order chi connectivity index (χ0) is 18.9. The first-order valence-electron chi connectivity index (χ1n) is 8.73. The number of benzene rings is 2. The number of amides is 1. The van der Waals surface area contributed by atoms with Crippen LogP contribution in [0.3, 0.4) is 0 Å². The van der Waals surface area contributed by atoms with E-state index in [-0.39, 0.29) is 18.9 Å². The summed E-state index contributed by atoms with van der Waals surface area (Å²) in [5, 5.41) is 2.80. The van der Waals surface area contributed by atoms with Gasteiger partial charge in [-0.25, -0.2) is 0 Å². The maximum absolute atomic E-state index is 12.0. The lowest BCUT2D eigenvalue weighted by Crippen LogP contribution is -2.22. The van der Waals surface area contributed by atoms with Gasteiger partial charge in [-0.2, -0.15) is 0 Å². The number of aryl methyl sites for hydroxylation is 3. The Hall–Kier alpha value is -2.82. The lowest BCUT2D eigenvalue weighted by molar-refractivity contribution is -0.147. The van der Waals surface area contributed by atoms with Crippen LogP contribution >= 0.6 is 0 Å². The van der Waals surface area contributed by atoms with Crippen molar-refractivity contribution in [1.82, 2.24) is 0 Å². The summed E-state index contributed by atoms with van der Waals surface area (Å²) in [6.45, 7) is 6.04. The number of nitrogens with one attached hydrogen (secondary N) is 1. The summed E-state index contributed by atoms with van der Waals surface area (Å²) in [5.41, 5.74) is 3.65. The van der Waals surface area contributed by atoms with E-state index in [4.69, 9.17) is 9.47 Å². The van der Waals surface area contributed by atoms with Crippen LogP contribution in [0.25, 0.3) is 0 Å². The smallest absolute Gasteiger partial charge is 0.306 e. The first kappa shape index (κ1) is 19.5. The van der Waals surface area contributed by atoms with Crippen LogP contribution in [-0.2, 0) is 20.7 Å². The van der Waals surface area contributed by atoms with Crippen LogP contribution in [0.1, 0.15) is 30.0 Å². The van der Waals surface area contributed by atoms with Crippen molar-refractivity contribution in [2.24, 2.45) is 0 Å². The summed E-state index contributed by atoms with van der Waals surface area (Å²) in [4.78, 5) is 24.0.